The molecule has 0 heterocycles. The van der Waals surface area contributed by atoms with Crippen LogP contribution in [-0.4, -0.2) is 30.2 Å². The van der Waals surface area contributed by atoms with Gasteiger partial charge >= 0.3 is 0 Å². The molecule has 2 aromatic rings. The average molecular weight is 382 g/mol. The first kappa shape index (κ1) is 21.2. The van der Waals surface area contributed by atoms with Crippen LogP contribution in [0.5, 0.6) is 5.75 Å². The van der Waals surface area contributed by atoms with Crippen molar-refractivity contribution >= 4 is 17.9 Å². The van der Waals surface area contributed by atoms with Gasteiger partial charge in [0, 0.05) is 18.2 Å². The van der Waals surface area contributed by atoms with Crippen LogP contribution in [0.1, 0.15) is 35.7 Å². The van der Waals surface area contributed by atoms with Crippen LogP contribution >= 0.6 is 0 Å². The van der Waals surface area contributed by atoms with Gasteiger partial charge in [0.15, 0.2) is 0 Å². The number of nitrogens with one attached hydrogen (secondary N) is 2. The number of hydroxylamine groups is 1. The van der Waals surface area contributed by atoms with E-state index in [1.165, 1.54) is 0 Å². The average Bonchev–Trinajstić information content (AvgIpc) is 2.74. The molecule has 0 aromatic heterocycles. The highest BCUT2D eigenvalue weighted by molar-refractivity contribution is 5.93. The fourth-order valence-electron chi connectivity index (χ4n) is 2.56. The Morgan fingerprint density at radius 3 is 2.50 bits per heavy atom. The topological polar surface area (TPSA) is 87.7 Å². The zero-order chi connectivity index (χ0) is 20.2. The van der Waals surface area contributed by atoms with Crippen molar-refractivity contribution in [3.63, 3.8) is 0 Å². The molecule has 0 aliphatic heterocycles. The Balaban J connectivity index is 1.60. The molecule has 0 radical (unpaired) electrons. The second kappa shape index (κ2) is 11.6. The maximum absolute atomic E-state index is 11.9. The van der Waals surface area contributed by atoms with Gasteiger partial charge in [-0.25, -0.2) is 5.48 Å². The van der Waals surface area contributed by atoms with Crippen molar-refractivity contribution < 1.29 is 19.5 Å². The van der Waals surface area contributed by atoms with Gasteiger partial charge in [-0.15, -0.1) is 0 Å². The second-order valence-electron chi connectivity index (χ2n) is 6.55. The number of rotatable bonds is 10. The van der Waals surface area contributed by atoms with E-state index in [-0.39, 0.29) is 5.91 Å². The molecule has 0 spiro atoms. The molecule has 0 aliphatic carbocycles. The number of carbonyl (C=O) groups excluding carboxylic acids is 2. The summed E-state index contributed by atoms with van der Waals surface area (Å²) in [6.07, 6.45) is 5.12. The summed E-state index contributed by atoms with van der Waals surface area (Å²) >= 11 is 0. The van der Waals surface area contributed by atoms with Crippen molar-refractivity contribution in [2.45, 2.75) is 19.8 Å². The van der Waals surface area contributed by atoms with Crippen molar-refractivity contribution in [3.05, 3.63) is 71.8 Å². The van der Waals surface area contributed by atoms with E-state index in [0.29, 0.717) is 30.4 Å². The molecule has 0 fully saturated rings. The predicted molar refractivity (Wildman–Crippen MR) is 108 cm³/mol. The summed E-state index contributed by atoms with van der Waals surface area (Å²) in [5.74, 6) is 0.356. The lowest BCUT2D eigenvalue weighted by molar-refractivity contribution is -0.116. The molecule has 148 valence electrons. The highest BCUT2D eigenvalue weighted by atomic mass is 16.5. The molecule has 2 amide bonds. The molecule has 0 saturated heterocycles. The zero-order valence-corrected chi connectivity index (χ0v) is 15.9. The molecule has 3 N–H and O–H groups in total. The Morgan fingerprint density at radius 1 is 1.11 bits per heavy atom. The molecule has 6 heteroatoms. The Labute approximate surface area is 165 Å². The highest BCUT2D eigenvalue weighted by Crippen LogP contribution is 2.13. The molecule has 2 rings (SSSR count). The van der Waals surface area contributed by atoms with Crippen LogP contribution in [0.4, 0.5) is 0 Å². The van der Waals surface area contributed by atoms with E-state index < -0.39 is 5.91 Å². The summed E-state index contributed by atoms with van der Waals surface area (Å²) in [5, 5.41) is 11.5. The van der Waals surface area contributed by atoms with Gasteiger partial charge < -0.3 is 10.1 Å². The summed E-state index contributed by atoms with van der Waals surface area (Å²) in [7, 11) is 0. The van der Waals surface area contributed by atoms with E-state index in [0.717, 1.165) is 18.4 Å². The van der Waals surface area contributed by atoms with Crippen LogP contribution in [0.25, 0.3) is 6.08 Å². The first-order valence-electron chi connectivity index (χ1n) is 9.26. The lowest BCUT2D eigenvalue weighted by atomic mass is 10.1. The fraction of sp³-hybridized carbons (Fsp3) is 0.273. The summed E-state index contributed by atoms with van der Waals surface area (Å²) in [6.45, 7) is 3.25. The first-order chi connectivity index (χ1) is 13.6. The van der Waals surface area contributed by atoms with Crippen molar-refractivity contribution in [2.75, 3.05) is 13.2 Å². The molecular formula is C22H26N2O4. The normalized spacial score (nSPS) is 11.8. The third kappa shape index (κ3) is 7.63. The summed E-state index contributed by atoms with van der Waals surface area (Å²) in [5.41, 5.74) is 2.94. The molecule has 1 unspecified atom stereocenters. The van der Waals surface area contributed by atoms with Crippen LogP contribution in [-0.2, 0) is 4.79 Å². The molecule has 2 aromatic carbocycles. The minimum atomic E-state index is -0.555. The van der Waals surface area contributed by atoms with Gasteiger partial charge in [0.2, 0.25) is 5.91 Å². The SMILES string of the molecule is CC(CCCOc1ccc(C(=O)NO)cc1)CNC(=O)/C=C/c1ccccc1. The fourth-order valence-corrected chi connectivity index (χ4v) is 2.56. The predicted octanol–water partition coefficient (Wildman–Crippen LogP) is 3.43. The smallest absolute Gasteiger partial charge is 0.274 e. The molecule has 0 bridgehead atoms. The first-order valence-corrected chi connectivity index (χ1v) is 9.26. The van der Waals surface area contributed by atoms with Crippen molar-refractivity contribution in [2.24, 2.45) is 5.92 Å². The van der Waals surface area contributed by atoms with Crippen molar-refractivity contribution in [1.82, 2.24) is 10.8 Å². The van der Waals surface area contributed by atoms with Gasteiger partial charge in [-0.3, -0.25) is 14.8 Å². The van der Waals surface area contributed by atoms with Crippen LogP contribution in [0.2, 0.25) is 0 Å². The summed E-state index contributed by atoms with van der Waals surface area (Å²) in [6, 6.07) is 16.2. The molecule has 28 heavy (non-hydrogen) atoms. The van der Waals surface area contributed by atoms with Gasteiger partial charge in [0.1, 0.15) is 5.75 Å². The maximum Gasteiger partial charge on any atom is 0.274 e. The van der Waals surface area contributed by atoms with E-state index in [9.17, 15) is 9.59 Å². The number of ether oxygens (including phenoxy) is 1. The number of hydrogen-bond acceptors (Lipinski definition) is 4. The van der Waals surface area contributed by atoms with Crippen molar-refractivity contribution in [3.8, 4) is 5.75 Å². The zero-order valence-electron chi connectivity index (χ0n) is 15.9. The maximum atomic E-state index is 11.9. The quantitative estimate of drug-likeness (QED) is 0.254. The van der Waals surface area contributed by atoms with Crippen molar-refractivity contribution in [1.29, 1.82) is 0 Å². The molecule has 0 aliphatic rings. The molecular weight excluding hydrogens is 356 g/mol. The van der Waals surface area contributed by atoms with E-state index in [2.05, 4.69) is 12.2 Å². The third-order valence-electron chi connectivity index (χ3n) is 4.18. The standard InChI is InChI=1S/C22H26N2O4/c1-17(16-23-21(25)14-9-18-7-3-2-4-8-18)6-5-15-28-20-12-10-19(11-13-20)22(26)24-27/h2-4,7-14,17,27H,5-6,15-16H2,1H3,(H,23,25)(H,24,26)/b14-9+. The Hall–Kier alpha value is -3.12. The van der Waals surface area contributed by atoms with Gasteiger partial charge in [0.05, 0.1) is 6.61 Å². The van der Waals surface area contributed by atoms with Crippen LogP contribution in [0.15, 0.2) is 60.7 Å². The van der Waals surface area contributed by atoms with Crippen LogP contribution in [0.3, 0.4) is 0 Å². The summed E-state index contributed by atoms with van der Waals surface area (Å²) < 4.78 is 5.65. The highest BCUT2D eigenvalue weighted by Gasteiger charge is 2.06. The Morgan fingerprint density at radius 2 is 1.82 bits per heavy atom. The van der Waals surface area contributed by atoms with Gasteiger partial charge in [-0.2, -0.15) is 0 Å². The van der Waals surface area contributed by atoms with Gasteiger partial charge in [-0.05, 0) is 54.7 Å². The van der Waals surface area contributed by atoms with E-state index in [1.807, 2.05) is 30.3 Å². The Kier molecular flexibility index (Phi) is 8.75. The number of hydrogen-bond donors (Lipinski definition) is 3. The minimum absolute atomic E-state index is 0.0982. The van der Waals surface area contributed by atoms with E-state index >= 15 is 0 Å². The summed E-state index contributed by atoms with van der Waals surface area (Å²) in [4.78, 5) is 23.1. The molecule has 0 saturated carbocycles. The number of carbonyl (C=O) groups is 2. The van der Waals surface area contributed by atoms with E-state index in [1.54, 1.807) is 41.9 Å². The molecule has 6 nitrogen and oxygen atoms in total. The largest absolute Gasteiger partial charge is 0.494 e. The monoisotopic (exact) mass is 382 g/mol. The lowest BCUT2D eigenvalue weighted by Gasteiger charge is -2.12. The lowest BCUT2D eigenvalue weighted by Crippen LogP contribution is -2.26. The van der Waals surface area contributed by atoms with Crippen LogP contribution in [0, 0.1) is 5.92 Å². The van der Waals surface area contributed by atoms with Gasteiger partial charge in [0.25, 0.3) is 5.91 Å². The number of amides is 2. The van der Waals surface area contributed by atoms with E-state index in [4.69, 9.17) is 9.94 Å². The third-order valence-corrected chi connectivity index (χ3v) is 4.18. The minimum Gasteiger partial charge on any atom is -0.494 e. The van der Waals surface area contributed by atoms with Crippen LogP contribution < -0.4 is 15.5 Å². The number of benzene rings is 2. The second-order valence-corrected chi connectivity index (χ2v) is 6.55. The van der Waals surface area contributed by atoms with Gasteiger partial charge in [-0.1, -0.05) is 37.3 Å². The Bertz CT molecular complexity index is 773. The molecule has 1 atom stereocenters.